The average molecular weight is 516 g/mol. The van der Waals surface area contributed by atoms with Crippen LogP contribution in [0.25, 0.3) is 0 Å². The molecule has 200 valence electrons. The van der Waals surface area contributed by atoms with Crippen LogP contribution < -0.4 is 21.3 Å². The van der Waals surface area contributed by atoms with Gasteiger partial charge in [0, 0.05) is 36.9 Å². The highest BCUT2D eigenvalue weighted by atomic mass is 16.2. The van der Waals surface area contributed by atoms with Crippen LogP contribution in [0.3, 0.4) is 0 Å². The summed E-state index contributed by atoms with van der Waals surface area (Å²) in [7, 11) is 4.04. The maximum atomic E-state index is 12.9. The van der Waals surface area contributed by atoms with Gasteiger partial charge in [0.2, 0.25) is 0 Å². The molecule has 2 heterocycles. The first-order valence-electron chi connectivity index (χ1n) is 13.0. The summed E-state index contributed by atoms with van der Waals surface area (Å²) in [6.45, 7) is 6.47. The minimum atomic E-state index is -0.650. The summed E-state index contributed by atoms with van der Waals surface area (Å²) >= 11 is 0. The topological polar surface area (TPSA) is 116 Å². The van der Waals surface area contributed by atoms with E-state index in [1.54, 1.807) is 6.20 Å². The number of amides is 2. The summed E-state index contributed by atoms with van der Waals surface area (Å²) in [5, 5.41) is 6.37. The van der Waals surface area contributed by atoms with Crippen LogP contribution in [0.1, 0.15) is 64.6 Å². The van der Waals surface area contributed by atoms with Gasteiger partial charge in [0.25, 0.3) is 11.8 Å². The molecule has 0 bridgehead atoms. The fraction of sp³-hybridized carbons (Fsp3) is 0.379. The third-order valence-electron chi connectivity index (χ3n) is 6.63. The minimum Gasteiger partial charge on any atom is -0.364 e. The summed E-state index contributed by atoms with van der Waals surface area (Å²) in [4.78, 5) is 38.1. The van der Waals surface area contributed by atoms with Gasteiger partial charge in [0.05, 0.1) is 6.20 Å². The Morgan fingerprint density at radius 2 is 1.82 bits per heavy atom. The summed E-state index contributed by atoms with van der Waals surface area (Å²) in [6.07, 6.45) is 3.34. The van der Waals surface area contributed by atoms with Crippen LogP contribution in [0.2, 0.25) is 0 Å². The number of nitrogens with one attached hydrogen (secondary N) is 2. The van der Waals surface area contributed by atoms with Gasteiger partial charge in [-0.05, 0) is 68.2 Å². The highest BCUT2D eigenvalue weighted by molar-refractivity contribution is 5.96. The Labute approximate surface area is 224 Å². The number of carbonyl (C=O) groups is 2. The van der Waals surface area contributed by atoms with Crippen molar-refractivity contribution in [2.75, 3.05) is 37.4 Å². The van der Waals surface area contributed by atoms with E-state index in [0.717, 1.165) is 31.6 Å². The Hall–Kier alpha value is -3.98. The van der Waals surface area contributed by atoms with Crippen LogP contribution >= 0.6 is 0 Å². The largest absolute Gasteiger partial charge is 0.364 e. The zero-order valence-corrected chi connectivity index (χ0v) is 22.6. The Balaban J connectivity index is 1.46. The van der Waals surface area contributed by atoms with Crippen LogP contribution in [-0.2, 0) is 6.54 Å². The minimum absolute atomic E-state index is 0.0284. The number of carbonyl (C=O) groups excluding carboxylic acids is 2. The number of nitrogens with two attached hydrogens (primary N) is 1. The SMILES string of the molecule is CC(C)c1ccc(C(=O)NC2CCCN(c3cnc(C(N)=O)c(Nc4ccc(CN(C)C)cc4)n3)C2)cc1. The lowest BCUT2D eigenvalue weighted by atomic mass is 10.0. The third kappa shape index (κ3) is 6.86. The molecule has 0 spiro atoms. The summed E-state index contributed by atoms with van der Waals surface area (Å²) in [6, 6.07) is 15.7. The van der Waals surface area contributed by atoms with Crippen molar-refractivity contribution < 1.29 is 9.59 Å². The van der Waals surface area contributed by atoms with E-state index in [1.165, 1.54) is 11.1 Å². The molecule has 1 aliphatic heterocycles. The molecule has 1 fully saturated rings. The zero-order chi connectivity index (χ0) is 27.2. The molecule has 0 aliphatic carbocycles. The van der Waals surface area contributed by atoms with Crippen molar-refractivity contribution in [2.45, 2.75) is 45.2 Å². The fourth-order valence-electron chi connectivity index (χ4n) is 4.59. The van der Waals surface area contributed by atoms with E-state index in [4.69, 9.17) is 10.7 Å². The Morgan fingerprint density at radius 1 is 1.11 bits per heavy atom. The first-order valence-corrected chi connectivity index (χ1v) is 13.0. The molecule has 0 saturated carbocycles. The molecule has 1 unspecified atom stereocenters. The number of nitrogens with zero attached hydrogens (tertiary/aromatic N) is 4. The van der Waals surface area contributed by atoms with Crippen molar-refractivity contribution >= 4 is 29.1 Å². The number of piperidine rings is 1. The van der Waals surface area contributed by atoms with Crippen LogP contribution in [-0.4, -0.2) is 59.9 Å². The standard InChI is InChI=1S/C29H37N7O2/c1-19(2)21-9-11-22(12-10-21)29(38)33-24-6-5-15-36(18-24)25-16-31-26(27(30)37)28(34-25)32-23-13-7-20(8-14-23)17-35(3)4/h7-14,16,19,24H,5-6,15,17-18H2,1-4H3,(H2,30,37)(H,32,34)(H,33,38). The Kier molecular flexibility index (Phi) is 8.58. The molecule has 4 N–H and O–H groups in total. The Bertz CT molecular complexity index is 1260. The van der Waals surface area contributed by atoms with Crippen molar-refractivity contribution in [1.29, 1.82) is 0 Å². The number of hydrogen-bond acceptors (Lipinski definition) is 7. The second kappa shape index (κ2) is 12.0. The molecule has 1 aliphatic rings. The van der Waals surface area contributed by atoms with Crippen LogP contribution in [0, 0.1) is 0 Å². The van der Waals surface area contributed by atoms with Gasteiger partial charge >= 0.3 is 0 Å². The molecule has 3 aromatic rings. The van der Waals surface area contributed by atoms with Crippen molar-refractivity contribution in [3.05, 3.63) is 77.1 Å². The maximum absolute atomic E-state index is 12.9. The molecule has 4 rings (SSSR count). The van der Waals surface area contributed by atoms with Gasteiger partial charge in [0.1, 0.15) is 5.82 Å². The summed E-state index contributed by atoms with van der Waals surface area (Å²) < 4.78 is 0. The first kappa shape index (κ1) is 27.1. The van der Waals surface area contributed by atoms with Crippen molar-refractivity contribution in [3.8, 4) is 0 Å². The smallest absolute Gasteiger partial charge is 0.271 e. The molecule has 1 saturated heterocycles. The number of aromatic nitrogens is 2. The molecule has 1 atom stereocenters. The molecule has 0 radical (unpaired) electrons. The Morgan fingerprint density at radius 3 is 2.45 bits per heavy atom. The predicted octanol–water partition coefficient (Wildman–Crippen LogP) is 3.90. The zero-order valence-electron chi connectivity index (χ0n) is 22.6. The highest BCUT2D eigenvalue weighted by Gasteiger charge is 2.24. The third-order valence-corrected chi connectivity index (χ3v) is 6.63. The lowest BCUT2D eigenvalue weighted by Gasteiger charge is -2.34. The number of benzene rings is 2. The van der Waals surface area contributed by atoms with E-state index >= 15 is 0 Å². The predicted molar refractivity (Wildman–Crippen MR) is 151 cm³/mol. The molecule has 2 amide bonds. The average Bonchev–Trinajstić information content (AvgIpc) is 2.89. The quantitative estimate of drug-likeness (QED) is 0.396. The van der Waals surface area contributed by atoms with E-state index in [0.29, 0.717) is 29.7 Å². The highest BCUT2D eigenvalue weighted by Crippen LogP contribution is 2.24. The summed E-state index contributed by atoms with van der Waals surface area (Å²) in [5.41, 5.74) is 9.49. The van der Waals surface area contributed by atoms with E-state index in [9.17, 15) is 9.59 Å². The van der Waals surface area contributed by atoms with Crippen molar-refractivity contribution in [1.82, 2.24) is 20.2 Å². The lowest BCUT2D eigenvalue weighted by molar-refractivity contribution is 0.0932. The lowest BCUT2D eigenvalue weighted by Crippen LogP contribution is -2.48. The maximum Gasteiger partial charge on any atom is 0.271 e. The van der Waals surface area contributed by atoms with Gasteiger partial charge < -0.3 is 26.2 Å². The van der Waals surface area contributed by atoms with Gasteiger partial charge in [-0.1, -0.05) is 38.1 Å². The van der Waals surface area contributed by atoms with Crippen molar-refractivity contribution in [3.63, 3.8) is 0 Å². The van der Waals surface area contributed by atoms with E-state index < -0.39 is 5.91 Å². The van der Waals surface area contributed by atoms with Gasteiger partial charge in [0.15, 0.2) is 11.5 Å². The van der Waals surface area contributed by atoms with Gasteiger partial charge in [-0.25, -0.2) is 9.97 Å². The normalized spacial score (nSPS) is 15.5. The molecular weight excluding hydrogens is 478 g/mol. The van der Waals surface area contributed by atoms with Crippen LogP contribution in [0.5, 0.6) is 0 Å². The molecule has 9 nitrogen and oxygen atoms in total. The van der Waals surface area contributed by atoms with E-state index in [-0.39, 0.29) is 17.6 Å². The number of hydrogen-bond donors (Lipinski definition) is 3. The first-order chi connectivity index (χ1) is 18.2. The number of rotatable bonds is 9. The second-order valence-corrected chi connectivity index (χ2v) is 10.4. The van der Waals surface area contributed by atoms with Gasteiger partial charge in [-0.15, -0.1) is 0 Å². The van der Waals surface area contributed by atoms with E-state index in [2.05, 4.69) is 39.3 Å². The molecule has 38 heavy (non-hydrogen) atoms. The van der Waals surface area contributed by atoms with Crippen LogP contribution in [0.4, 0.5) is 17.3 Å². The molecule has 1 aromatic heterocycles. The van der Waals surface area contributed by atoms with Gasteiger partial charge in [-0.2, -0.15) is 0 Å². The molecule has 2 aromatic carbocycles. The molecule has 9 heteroatoms. The number of primary amides is 1. The monoisotopic (exact) mass is 515 g/mol. The molecular formula is C29H37N7O2. The van der Waals surface area contributed by atoms with Crippen LogP contribution in [0.15, 0.2) is 54.7 Å². The van der Waals surface area contributed by atoms with Gasteiger partial charge in [-0.3, -0.25) is 9.59 Å². The second-order valence-electron chi connectivity index (χ2n) is 10.4. The fourth-order valence-corrected chi connectivity index (χ4v) is 4.59. The number of anilines is 3. The van der Waals surface area contributed by atoms with Crippen molar-refractivity contribution in [2.24, 2.45) is 5.73 Å². The summed E-state index contributed by atoms with van der Waals surface area (Å²) in [5.74, 6) is 0.627. The van der Waals surface area contributed by atoms with E-state index in [1.807, 2.05) is 62.6 Å².